The number of nitrogens with zero attached hydrogens (tertiary/aromatic N) is 1. The molecule has 9 aromatic rings. The fraction of sp³-hybridized carbons (Fsp3) is 0.0182. The number of hydrogen-bond donors (Lipinski definition) is 0. The van der Waals surface area contributed by atoms with Gasteiger partial charge in [0, 0.05) is 16.9 Å². The van der Waals surface area contributed by atoms with E-state index < -0.39 is 5.41 Å². The summed E-state index contributed by atoms with van der Waals surface area (Å²) < 4.78 is 0. The zero-order valence-electron chi connectivity index (χ0n) is 30.8. The Bertz CT molecular complexity index is 2850. The second-order valence-corrected chi connectivity index (χ2v) is 14.8. The number of hydrogen-bond acceptors (Lipinski definition) is 1. The van der Waals surface area contributed by atoms with E-state index in [1.807, 2.05) is 0 Å². The molecule has 0 radical (unpaired) electrons. The maximum Gasteiger partial charge on any atom is 0.0732 e. The van der Waals surface area contributed by atoms with Crippen molar-refractivity contribution >= 4 is 17.1 Å². The van der Waals surface area contributed by atoms with Crippen LogP contribution < -0.4 is 4.90 Å². The third-order valence-corrected chi connectivity index (χ3v) is 11.9. The van der Waals surface area contributed by atoms with Gasteiger partial charge < -0.3 is 4.90 Å². The first kappa shape index (κ1) is 32.2. The SMILES string of the molecule is c1ccc(-c2ccc(N(c3cccc(-c4ccccc4)c3)c3cccc4c3-c3cccc(-c5ccccc5)c3C43c4ccccc4-c4ccccc43)cc2)cc1. The van der Waals surface area contributed by atoms with Gasteiger partial charge in [0.2, 0.25) is 0 Å². The summed E-state index contributed by atoms with van der Waals surface area (Å²) in [6, 6.07) is 82.5. The Labute approximate surface area is 328 Å². The van der Waals surface area contributed by atoms with Crippen LogP contribution in [0.25, 0.3) is 55.6 Å². The van der Waals surface area contributed by atoms with Crippen molar-refractivity contribution in [2.24, 2.45) is 0 Å². The minimum Gasteiger partial charge on any atom is -0.310 e. The van der Waals surface area contributed by atoms with Crippen LogP contribution in [0, 0.1) is 0 Å². The van der Waals surface area contributed by atoms with Crippen molar-refractivity contribution in [2.75, 3.05) is 4.90 Å². The van der Waals surface area contributed by atoms with Gasteiger partial charge in [-0.2, -0.15) is 0 Å². The van der Waals surface area contributed by atoms with E-state index in [2.05, 4.69) is 229 Å². The van der Waals surface area contributed by atoms with Crippen LogP contribution in [0.2, 0.25) is 0 Å². The van der Waals surface area contributed by atoms with Gasteiger partial charge in [0.25, 0.3) is 0 Å². The van der Waals surface area contributed by atoms with Gasteiger partial charge in [-0.05, 0) is 103 Å². The molecule has 1 nitrogen and oxygen atoms in total. The van der Waals surface area contributed by atoms with E-state index in [4.69, 9.17) is 0 Å². The Morgan fingerprint density at radius 2 is 0.750 bits per heavy atom. The molecule has 2 aliphatic carbocycles. The van der Waals surface area contributed by atoms with Crippen LogP contribution >= 0.6 is 0 Å². The quantitative estimate of drug-likeness (QED) is 0.166. The number of fused-ring (bicyclic) bond motifs is 10. The second kappa shape index (κ2) is 13.0. The van der Waals surface area contributed by atoms with E-state index in [1.54, 1.807) is 0 Å². The van der Waals surface area contributed by atoms with Gasteiger partial charge >= 0.3 is 0 Å². The minimum absolute atomic E-state index is 0.505. The molecule has 1 heteroatoms. The summed E-state index contributed by atoms with van der Waals surface area (Å²) in [5, 5.41) is 0. The lowest BCUT2D eigenvalue weighted by Crippen LogP contribution is -2.26. The summed E-state index contributed by atoms with van der Waals surface area (Å²) >= 11 is 0. The van der Waals surface area contributed by atoms with E-state index >= 15 is 0 Å². The molecule has 11 rings (SSSR count). The summed E-state index contributed by atoms with van der Waals surface area (Å²) in [6.07, 6.45) is 0. The van der Waals surface area contributed by atoms with Crippen molar-refractivity contribution in [1.29, 1.82) is 0 Å². The van der Waals surface area contributed by atoms with Gasteiger partial charge in [-0.25, -0.2) is 0 Å². The van der Waals surface area contributed by atoms with Crippen LogP contribution in [-0.2, 0) is 5.41 Å². The third-order valence-electron chi connectivity index (χ3n) is 11.9. The Hall–Kier alpha value is -7.22. The molecule has 0 bridgehead atoms. The fourth-order valence-corrected chi connectivity index (χ4v) is 9.59. The highest BCUT2D eigenvalue weighted by Gasteiger charge is 2.53. The Balaban J connectivity index is 1.22. The monoisotopic (exact) mass is 711 g/mol. The van der Waals surface area contributed by atoms with Gasteiger partial charge in [-0.3, -0.25) is 0 Å². The van der Waals surface area contributed by atoms with Gasteiger partial charge in [0.15, 0.2) is 0 Å². The molecule has 9 aromatic carbocycles. The molecule has 0 N–H and O–H groups in total. The summed E-state index contributed by atoms with van der Waals surface area (Å²) in [5.41, 5.74) is 20.6. The van der Waals surface area contributed by atoms with E-state index in [1.165, 1.54) is 77.9 Å². The molecule has 262 valence electrons. The molecule has 0 atom stereocenters. The van der Waals surface area contributed by atoms with E-state index in [0.717, 1.165) is 17.1 Å². The van der Waals surface area contributed by atoms with Crippen LogP contribution in [0.15, 0.2) is 224 Å². The minimum atomic E-state index is -0.505. The van der Waals surface area contributed by atoms with Crippen LogP contribution in [0.4, 0.5) is 17.1 Å². The van der Waals surface area contributed by atoms with Crippen LogP contribution in [0.3, 0.4) is 0 Å². The lowest BCUT2D eigenvalue weighted by atomic mass is 9.68. The first-order valence-corrected chi connectivity index (χ1v) is 19.4. The highest BCUT2D eigenvalue weighted by molar-refractivity contribution is 6.04. The highest BCUT2D eigenvalue weighted by Crippen LogP contribution is 2.66. The maximum atomic E-state index is 2.48. The number of anilines is 3. The van der Waals surface area contributed by atoms with Crippen molar-refractivity contribution in [3.63, 3.8) is 0 Å². The standard InChI is InChI=1S/C55H37N/c1-4-17-38(18-5-1)40-33-35-43(36-34-40)56(44-24-14-23-42(37-44)39-19-6-2-7-20-39)52-32-16-31-51-53(52)48-28-15-27-45(41-21-8-3-9-22-41)54(48)55(51)49-29-12-10-25-46(49)47-26-11-13-30-50(47)55/h1-37H. The number of benzene rings is 9. The molecule has 0 saturated carbocycles. The van der Waals surface area contributed by atoms with Gasteiger partial charge in [-0.1, -0.05) is 194 Å². The lowest BCUT2D eigenvalue weighted by molar-refractivity contribution is 0.795. The first-order valence-electron chi connectivity index (χ1n) is 19.4. The normalized spacial score (nSPS) is 12.8. The van der Waals surface area contributed by atoms with E-state index in [9.17, 15) is 0 Å². The molecule has 1 spiro atoms. The summed E-state index contributed by atoms with van der Waals surface area (Å²) in [6.45, 7) is 0. The number of rotatable bonds is 6. The second-order valence-electron chi connectivity index (χ2n) is 14.8. The summed E-state index contributed by atoms with van der Waals surface area (Å²) in [4.78, 5) is 2.48. The predicted octanol–water partition coefficient (Wildman–Crippen LogP) is 14.5. The molecule has 0 saturated heterocycles. The molecule has 0 amide bonds. The molecular weight excluding hydrogens is 675 g/mol. The molecular formula is C55H37N. The molecule has 0 unspecified atom stereocenters. The summed E-state index contributed by atoms with van der Waals surface area (Å²) in [7, 11) is 0. The van der Waals surface area contributed by atoms with Crippen molar-refractivity contribution in [3.05, 3.63) is 247 Å². The third kappa shape index (κ3) is 4.81. The van der Waals surface area contributed by atoms with Gasteiger partial charge in [0.1, 0.15) is 0 Å². The van der Waals surface area contributed by atoms with Crippen molar-refractivity contribution in [1.82, 2.24) is 0 Å². The average Bonchev–Trinajstić information content (AvgIpc) is 3.76. The molecule has 0 heterocycles. The molecule has 0 aliphatic heterocycles. The van der Waals surface area contributed by atoms with Crippen molar-refractivity contribution < 1.29 is 0 Å². The van der Waals surface area contributed by atoms with Gasteiger partial charge in [0.05, 0.1) is 11.1 Å². The molecule has 2 aliphatic rings. The Morgan fingerprint density at radius 1 is 0.286 bits per heavy atom. The first-order chi connectivity index (χ1) is 27.8. The highest BCUT2D eigenvalue weighted by atomic mass is 15.1. The maximum absolute atomic E-state index is 2.48. The topological polar surface area (TPSA) is 3.24 Å². The lowest BCUT2D eigenvalue weighted by Gasteiger charge is -2.33. The molecule has 0 fully saturated rings. The van der Waals surface area contributed by atoms with Crippen LogP contribution in [0.5, 0.6) is 0 Å². The van der Waals surface area contributed by atoms with Crippen molar-refractivity contribution in [3.8, 4) is 55.6 Å². The smallest absolute Gasteiger partial charge is 0.0732 e. The van der Waals surface area contributed by atoms with Crippen molar-refractivity contribution in [2.45, 2.75) is 5.41 Å². The predicted molar refractivity (Wildman–Crippen MR) is 234 cm³/mol. The zero-order chi connectivity index (χ0) is 37.1. The van der Waals surface area contributed by atoms with E-state index in [0.29, 0.717) is 0 Å². The van der Waals surface area contributed by atoms with Gasteiger partial charge in [-0.15, -0.1) is 0 Å². The Morgan fingerprint density at radius 3 is 1.41 bits per heavy atom. The Kier molecular flexibility index (Phi) is 7.47. The summed E-state index contributed by atoms with van der Waals surface area (Å²) in [5.74, 6) is 0. The van der Waals surface area contributed by atoms with E-state index in [-0.39, 0.29) is 0 Å². The van der Waals surface area contributed by atoms with Crippen LogP contribution in [-0.4, -0.2) is 0 Å². The van der Waals surface area contributed by atoms with Crippen LogP contribution in [0.1, 0.15) is 22.3 Å². The average molecular weight is 712 g/mol. The molecule has 0 aromatic heterocycles. The zero-order valence-corrected chi connectivity index (χ0v) is 30.8. The molecule has 56 heavy (non-hydrogen) atoms. The largest absolute Gasteiger partial charge is 0.310 e. The fourth-order valence-electron chi connectivity index (χ4n) is 9.59.